The highest BCUT2D eigenvalue weighted by molar-refractivity contribution is 5.71. The number of carbonyl (C=O) groups is 3. The molecule has 0 aliphatic rings. The summed E-state index contributed by atoms with van der Waals surface area (Å²) in [6.07, 6.45) is 79.1. The van der Waals surface area contributed by atoms with Gasteiger partial charge in [-0.15, -0.1) is 0 Å². The minimum absolute atomic E-state index is 0.0693. The van der Waals surface area contributed by atoms with Crippen molar-refractivity contribution in [1.82, 2.24) is 0 Å². The molecule has 0 aromatic carbocycles. The number of esters is 3. The molecule has 6 heteroatoms. The molecule has 0 amide bonds. The Balaban J connectivity index is 4.29. The van der Waals surface area contributed by atoms with E-state index in [9.17, 15) is 14.4 Å². The first-order chi connectivity index (χ1) is 37.5. The van der Waals surface area contributed by atoms with E-state index in [0.717, 1.165) is 64.2 Å². The molecule has 0 saturated heterocycles. The lowest BCUT2D eigenvalue weighted by Gasteiger charge is -2.18. The molecule has 0 aromatic rings. The molecule has 6 nitrogen and oxygen atoms in total. The Morgan fingerprint density at radius 3 is 0.658 bits per heavy atom. The van der Waals surface area contributed by atoms with Crippen LogP contribution < -0.4 is 0 Å². The summed E-state index contributed by atoms with van der Waals surface area (Å²) in [5, 5.41) is 0. The van der Waals surface area contributed by atoms with Crippen LogP contribution in [0.2, 0.25) is 0 Å². The monoisotopic (exact) mass is 1070 g/mol. The van der Waals surface area contributed by atoms with E-state index in [2.05, 4.69) is 45.1 Å². The van der Waals surface area contributed by atoms with Crippen LogP contribution in [0.1, 0.15) is 387 Å². The molecule has 0 aromatic heterocycles. The minimum atomic E-state index is -0.774. The maximum atomic E-state index is 12.9. The van der Waals surface area contributed by atoms with Gasteiger partial charge in [0.05, 0.1) is 0 Å². The number of allylic oxidation sites excluding steroid dienone is 4. The van der Waals surface area contributed by atoms with E-state index in [-0.39, 0.29) is 31.1 Å². The molecular weight excluding hydrogens is 937 g/mol. The van der Waals surface area contributed by atoms with Crippen LogP contribution in [0.5, 0.6) is 0 Å². The van der Waals surface area contributed by atoms with Gasteiger partial charge in [-0.25, -0.2) is 0 Å². The Kier molecular flexibility index (Phi) is 63.6. The van der Waals surface area contributed by atoms with Crippen LogP contribution in [0, 0.1) is 0 Å². The maximum absolute atomic E-state index is 12.9. The fourth-order valence-corrected chi connectivity index (χ4v) is 10.5. The Morgan fingerprint density at radius 2 is 0.434 bits per heavy atom. The first kappa shape index (κ1) is 73.9. The van der Waals surface area contributed by atoms with Crippen molar-refractivity contribution in [3.05, 3.63) is 24.3 Å². The number of ether oxygens (including phenoxy) is 3. The highest BCUT2D eigenvalue weighted by Crippen LogP contribution is 2.18. The van der Waals surface area contributed by atoms with E-state index < -0.39 is 6.10 Å². The van der Waals surface area contributed by atoms with E-state index in [4.69, 9.17) is 14.2 Å². The number of carbonyl (C=O) groups excluding carboxylic acids is 3. The van der Waals surface area contributed by atoms with Crippen molar-refractivity contribution in [3.8, 4) is 0 Å². The van der Waals surface area contributed by atoms with Crippen LogP contribution in [0.3, 0.4) is 0 Å². The summed E-state index contributed by atoms with van der Waals surface area (Å²) < 4.78 is 17.0. The Labute approximate surface area is 474 Å². The smallest absolute Gasteiger partial charge is 0.306 e. The van der Waals surface area contributed by atoms with Gasteiger partial charge in [0, 0.05) is 19.3 Å². The third kappa shape index (κ3) is 62.7. The third-order valence-corrected chi connectivity index (χ3v) is 15.7. The third-order valence-electron chi connectivity index (χ3n) is 15.7. The van der Waals surface area contributed by atoms with Gasteiger partial charge in [0.2, 0.25) is 0 Å². The topological polar surface area (TPSA) is 78.9 Å². The zero-order valence-corrected chi connectivity index (χ0v) is 51.6. The molecular formula is C70H132O6. The van der Waals surface area contributed by atoms with Crippen molar-refractivity contribution in [2.75, 3.05) is 13.2 Å². The van der Waals surface area contributed by atoms with Gasteiger partial charge >= 0.3 is 17.9 Å². The molecule has 0 N–H and O–H groups in total. The average molecular weight is 1070 g/mol. The van der Waals surface area contributed by atoms with Gasteiger partial charge in [0.25, 0.3) is 0 Å². The first-order valence-electron chi connectivity index (χ1n) is 34.3. The van der Waals surface area contributed by atoms with Crippen molar-refractivity contribution in [1.29, 1.82) is 0 Å². The summed E-state index contributed by atoms with van der Waals surface area (Å²) in [5.41, 5.74) is 0. The zero-order valence-electron chi connectivity index (χ0n) is 51.6. The Morgan fingerprint density at radius 1 is 0.250 bits per heavy atom. The van der Waals surface area contributed by atoms with Crippen LogP contribution in [0.4, 0.5) is 0 Å². The molecule has 448 valence electrons. The van der Waals surface area contributed by atoms with Gasteiger partial charge in [-0.05, 0) is 70.6 Å². The summed E-state index contributed by atoms with van der Waals surface area (Å²) in [4.78, 5) is 38.4. The summed E-state index contributed by atoms with van der Waals surface area (Å²) in [6.45, 7) is 6.70. The lowest BCUT2D eigenvalue weighted by Crippen LogP contribution is -2.30. The maximum Gasteiger partial charge on any atom is 0.306 e. The number of rotatable bonds is 64. The number of hydrogen-bond acceptors (Lipinski definition) is 6. The van der Waals surface area contributed by atoms with Gasteiger partial charge < -0.3 is 14.2 Å². The quantitative estimate of drug-likeness (QED) is 0.0261. The molecule has 0 bridgehead atoms. The molecule has 0 spiro atoms. The highest BCUT2D eigenvalue weighted by atomic mass is 16.6. The fourth-order valence-electron chi connectivity index (χ4n) is 10.5. The second-order valence-corrected chi connectivity index (χ2v) is 23.4. The normalized spacial score (nSPS) is 12.1. The van der Waals surface area contributed by atoms with Gasteiger partial charge in [-0.1, -0.05) is 321 Å². The van der Waals surface area contributed by atoms with Gasteiger partial charge in [-0.2, -0.15) is 0 Å². The molecule has 1 unspecified atom stereocenters. The van der Waals surface area contributed by atoms with Gasteiger partial charge in [0.1, 0.15) is 13.2 Å². The molecule has 0 heterocycles. The largest absolute Gasteiger partial charge is 0.462 e. The van der Waals surface area contributed by atoms with E-state index in [1.807, 2.05) is 0 Å². The summed E-state index contributed by atoms with van der Waals surface area (Å²) in [6, 6.07) is 0. The van der Waals surface area contributed by atoms with E-state index >= 15 is 0 Å². The molecule has 0 aliphatic carbocycles. The lowest BCUT2D eigenvalue weighted by atomic mass is 10.0. The Hall–Kier alpha value is -2.11. The van der Waals surface area contributed by atoms with Crippen molar-refractivity contribution in [3.63, 3.8) is 0 Å². The van der Waals surface area contributed by atoms with E-state index in [1.54, 1.807) is 0 Å². The molecule has 0 radical (unpaired) electrons. The first-order valence-corrected chi connectivity index (χ1v) is 34.3. The highest BCUT2D eigenvalue weighted by Gasteiger charge is 2.19. The van der Waals surface area contributed by atoms with Crippen molar-refractivity contribution in [2.45, 2.75) is 393 Å². The van der Waals surface area contributed by atoms with E-state index in [0.29, 0.717) is 19.3 Å². The summed E-state index contributed by atoms with van der Waals surface area (Å²) in [5.74, 6) is -0.850. The number of hydrogen-bond donors (Lipinski definition) is 0. The minimum Gasteiger partial charge on any atom is -0.462 e. The predicted octanol–water partition coefficient (Wildman–Crippen LogP) is 23.4. The van der Waals surface area contributed by atoms with Crippen molar-refractivity contribution < 1.29 is 28.6 Å². The van der Waals surface area contributed by atoms with Crippen LogP contribution in [0.25, 0.3) is 0 Å². The summed E-state index contributed by atoms with van der Waals surface area (Å²) in [7, 11) is 0. The summed E-state index contributed by atoms with van der Waals surface area (Å²) >= 11 is 0. The van der Waals surface area contributed by atoms with Gasteiger partial charge in [-0.3, -0.25) is 14.4 Å². The lowest BCUT2D eigenvalue weighted by molar-refractivity contribution is -0.167. The van der Waals surface area contributed by atoms with Crippen LogP contribution >= 0.6 is 0 Å². The van der Waals surface area contributed by atoms with Crippen LogP contribution in [0.15, 0.2) is 24.3 Å². The zero-order chi connectivity index (χ0) is 55.0. The fraction of sp³-hybridized carbons (Fsp3) is 0.900. The van der Waals surface area contributed by atoms with Crippen LogP contribution in [-0.2, 0) is 28.6 Å². The van der Waals surface area contributed by atoms with Crippen LogP contribution in [-0.4, -0.2) is 37.2 Å². The van der Waals surface area contributed by atoms with Gasteiger partial charge in [0.15, 0.2) is 6.10 Å². The molecule has 0 rings (SSSR count). The SMILES string of the molecule is CCCCCCCC/C=C\CCCCCCCCCCCC(=O)OC(COC(=O)CCCCCCC/C=C\CCCCCCCCC)COC(=O)CCCCCCCCCCCCCCCCCCCCCCCCC. The molecule has 0 saturated carbocycles. The standard InChI is InChI=1S/C70H132O6/c1-4-7-10-13-16-19-22-25-28-31-33-34-35-36-38-39-42-45-48-51-54-57-60-63-69(72)75-66-67(65-74-68(71)62-59-56-53-50-47-44-41-30-27-24-21-18-15-12-9-6-3)76-70(73)64-61-58-55-52-49-46-43-40-37-32-29-26-23-20-17-14-11-8-5-2/h26,29-30,41,67H,4-25,27-28,31-40,42-66H2,1-3H3/b29-26-,41-30-. The average Bonchev–Trinajstić information content (AvgIpc) is 3.42. The molecule has 0 aliphatic heterocycles. The second-order valence-electron chi connectivity index (χ2n) is 23.4. The molecule has 1 atom stereocenters. The van der Waals surface area contributed by atoms with E-state index in [1.165, 1.54) is 283 Å². The Bertz CT molecular complexity index is 1230. The second kappa shape index (κ2) is 65.4. The molecule has 0 fully saturated rings. The molecule has 76 heavy (non-hydrogen) atoms. The predicted molar refractivity (Wildman–Crippen MR) is 330 cm³/mol. The number of unbranched alkanes of at least 4 members (excludes halogenated alkanes) is 49. The van der Waals surface area contributed by atoms with Crippen molar-refractivity contribution in [2.24, 2.45) is 0 Å². The van der Waals surface area contributed by atoms with Crippen molar-refractivity contribution >= 4 is 17.9 Å².